The van der Waals surface area contributed by atoms with E-state index in [0.29, 0.717) is 0 Å². The topological polar surface area (TPSA) is 44.5 Å². The summed E-state index contributed by atoms with van der Waals surface area (Å²) in [6.45, 7) is 2.21. The predicted octanol–water partition coefficient (Wildman–Crippen LogP) is 2.32. The smallest absolute Gasteiger partial charge is 0.231 e. The van der Waals surface area contributed by atoms with Gasteiger partial charge < -0.3 is 15.2 Å². The van der Waals surface area contributed by atoms with Crippen molar-refractivity contribution in [3.05, 3.63) is 22.2 Å². The fourth-order valence-corrected chi connectivity index (χ4v) is 2.28. The van der Waals surface area contributed by atoms with Gasteiger partial charge in [0.05, 0.1) is 5.02 Å². The van der Waals surface area contributed by atoms with Gasteiger partial charge in [0, 0.05) is 11.1 Å². The number of nitrogens with two attached hydrogens (primary N) is 1. The van der Waals surface area contributed by atoms with Gasteiger partial charge in [0.2, 0.25) is 6.79 Å². The van der Waals surface area contributed by atoms with E-state index in [0.717, 1.165) is 40.5 Å². The third-order valence-corrected chi connectivity index (χ3v) is 3.64. The molecule has 0 spiro atoms. The zero-order valence-electron chi connectivity index (χ0n) is 8.47. The fourth-order valence-electron chi connectivity index (χ4n) is 1.95. The molecule has 1 aliphatic heterocycles. The maximum atomic E-state index is 6.29. The first-order valence-corrected chi connectivity index (χ1v) is 5.38. The van der Waals surface area contributed by atoms with Crippen molar-refractivity contribution in [2.24, 2.45) is 5.73 Å². The second kappa shape index (κ2) is 2.80. The summed E-state index contributed by atoms with van der Waals surface area (Å²) in [7, 11) is 0. The van der Waals surface area contributed by atoms with Gasteiger partial charge in [-0.25, -0.2) is 0 Å². The number of hydrogen-bond donors (Lipinski definition) is 1. The van der Waals surface area contributed by atoms with Crippen LogP contribution in [0, 0.1) is 6.92 Å². The zero-order valence-corrected chi connectivity index (χ0v) is 9.23. The van der Waals surface area contributed by atoms with Crippen molar-refractivity contribution in [3.8, 4) is 11.5 Å². The second-order valence-electron chi connectivity index (χ2n) is 4.25. The summed E-state index contributed by atoms with van der Waals surface area (Å²) in [6.07, 6.45) is 1.98. The van der Waals surface area contributed by atoms with Gasteiger partial charge in [0.15, 0.2) is 11.5 Å². The van der Waals surface area contributed by atoms with Crippen LogP contribution in [0.25, 0.3) is 0 Å². The van der Waals surface area contributed by atoms with Gasteiger partial charge in [-0.1, -0.05) is 11.6 Å². The Balaban J connectivity index is 2.20. The Morgan fingerprint density at radius 2 is 2.13 bits per heavy atom. The van der Waals surface area contributed by atoms with Crippen LogP contribution in [0.15, 0.2) is 6.07 Å². The molecular formula is C11H12ClNO2. The highest BCUT2D eigenvalue weighted by Crippen LogP contribution is 2.51. The second-order valence-corrected chi connectivity index (χ2v) is 4.63. The lowest BCUT2D eigenvalue weighted by Crippen LogP contribution is -2.19. The summed E-state index contributed by atoms with van der Waals surface area (Å²) in [5.41, 5.74) is 7.84. The molecule has 3 rings (SSSR count). The fraction of sp³-hybridized carbons (Fsp3) is 0.455. The van der Waals surface area contributed by atoms with Crippen molar-refractivity contribution in [2.45, 2.75) is 25.3 Å². The van der Waals surface area contributed by atoms with E-state index < -0.39 is 0 Å². The molecule has 1 aliphatic carbocycles. The lowest BCUT2D eigenvalue weighted by molar-refractivity contribution is 0.173. The Labute approximate surface area is 93.1 Å². The number of ether oxygens (including phenoxy) is 2. The average Bonchev–Trinajstić information content (AvgIpc) is 2.80. The molecule has 0 amide bonds. The van der Waals surface area contributed by atoms with E-state index in [4.69, 9.17) is 26.8 Å². The standard InChI is InChI=1S/C11H12ClNO2/c1-6-9(12)7(11(13)2-3-11)4-8-10(6)15-5-14-8/h4H,2-3,5,13H2,1H3. The average molecular weight is 226 g/mol. The molecule has 3 nitrogen and oxygen atoms in total. The monoisotopic (exact) mass is 225 g/mol. The van der Waals surface area contributed by atoms with E-state index in [1.165, 1.54) is 0 Å². The Morgan fingerprint density at radius 1 is 1.40 bits per heavy atom. The van der Waals surface area contributed by atoms with Crippen LogP contribution < -0.4 is 15.2 Å². The Kier molecular flexibility index (Phi) is 1.74. The van der Waals surface area contributed by atoms with E-state index in [2.05, 4.69) is 0 Å². The van der Waals surface area contributed by atoms with Gasteiger partial charge >= 0.3 is 0 Å². The quantitative estimate of drug-likeness (QED) is 0.798. The predicted molar refractivity (Wildman–Crippen MR) is 57.4 cm³/mol. The summed E-state index contributed by atoms with van der Waals surface area (Å²) in [5, 5.41) is 0.722. The Morgan fingerprint density at radius 3 is 2.80 bits per heavy atom. The molecular weight excluding hydrogens is 214 g/mol. The van der Waals surface area contributed by atoms with Crippen molar-refractivity contribution >= 4 is 11.6 Å². The molecule has 2 aliphatic rings. The summed E-state index contributed by atoms with van der Waals surface area (Å²) < 4.78 is 10.7. The molecule has 1 heterocycles. The first-order valence-electron chi connectivity index (χ1n) is 5.00. The zero-order chi connectivity index (χ0) is 10.6. The summed E-state index contributed by atoms with van der Waals surface area (Å²) >= 11 is 6.29. The number of fused-ring (bicyclic) bond motifs is 1. The Hall–Kier alpha value is -0.930. The number of benzene rings is 1. The normalized spacial score (nSPS) is 20.5. The lowest BCUT2D eigenvalue weighted by atomic mass is 10.0. The number of rotatable bonds is 1. The molecule has 0 bridgehead atoms. The number of hydrogen-bond acceptors (Lipinski definition) is 3. The van der Waals surface area contributed by atoms with E-state index >= 15 is 0 Å². The van der Waals surface area contributed by atoms with E-state index in [-0.39, 0.29) is 12.3 Å². The summed E-state index contributed by atoms with van der Waals surface area (Å²) in [6, 6.07) is 1.92. The van der Waals surface area contributed by atoms with E-state index in [1.54, 1.807) is 0 Å². The van der Waals surface area contributed by atoms with Crippen molar-refractivity contribution in [1.29, 1.82) is 0 Å². The summed E-state index contributed by atoms with van der Waals surface area (Å²) in [4.78, 5) is 0. The van der Waals surface area contributed by atoms with Crippen molar-refractivity contribution in [2.75, 3.05) is 6.79 Å². The van der Waals surface area contributed by atoms with Crippen molar-refractivity contribution in [1.82, 2.24) is 0 Å². The SMILES string of the molecule is Cc1c(Cl)c(C2(N)CC2)cc2c1OCO2. The first-order chi connectivity index (χ1) is 7.12. The van der Waals surface area contributed by atoms with Gasteiger partial charge in [0.1, 0.15) is 0 Å². The lowest BCUT2D eigenvalue weighted by Gasteiger charge is -2.14. The molecule has 0 atom stereocenters. The maximum Gasteiger partial charge on any atom is 0.231 e. The molecule has 4 heteroatoms. The third-order valence-electron chi connectivity index (χ3n) is 3.15. The molecule has 0 aromatic heterocycles. The van der Waals surface area contributed by atoms with Crippen molar-refractivity contribution < 1.29 is 9.47 Å². The van der Waals surface area contributed by atoms with Crippen LogP contribution in [-0.2, 0) is 5.54 Å². The first kappa shape index (κ1) is 9.31. The van der Waals surface area contributed by atoms with E-state index in [1.807, 2.05) is 13.0 Å². The van der Waals surface area contributed by atoms with Crippen LogP contribution in [0.3, 0.4) is 0 Å². The highest BCUT2D eigenvalue weighted by Gasteiger charge is 2.43. The van der Waals surface area contributed by atoms with Crippen LogP contribution in [0.5, 0.6) is 11.5 Å². The minimum Gasteiger partial charge on any atom is -0.454 e. The molecule has 1 fully saturated rings. The van der Waals surface area contributed by atoms with Crippen LogP contribution in [0.4, 0.5) is 0 Å². The van der Waals surface area contributed by atoms with Gasteiger partial charge in [-0.05, 0) is 31.4 Å². The van der Waals surface area contributed by atoms with Gasteiger partial charge in [-0.2, -0.15) is 0 Å². The van der Waals surface area contributed by atoms with Crippen molar-refractivity contribution in [3.63, 3.8) is 0 Å². The van der Waals surface area contributed by atoms with Crippen LogP contribution in [0.2, 0.25) is 5.02 Å². The maximum absolute atomic E-state index is 6.29. The molecule has 1 saturated carbocycles. The summed E-state index contributed by atoms with van der Waals surface area (Å²) in [5.74, 6) is 1.52. The molecule has 1 aromatic rings. The molecule has 0 unspecified atom stereocenters. The number of halogens is 1. The van der Waals surface area contributed by atoms with Gasteiger partial charge in [-0.3, -0.25) is 0 Å². The molecule has 15 heavy (non-hydrogen) atoms. The molecule has 0 saturated heterocycles. The largest absolute Gasteiger partial charge is 0.454 e. The van der Waals surface area contributed by atoms with Crippen LogP contribution in [0.1, 0.15) is 24.0 Å². The van der Waals surface area contributed by atoms with Crippen LogP contribution >= 0.6 is 11.6 Å². The highest BCUT2D eigenvalue weighted by molar-refractivity contribution is 6.32. The van der Waals surface area contributed by atoms with Gasteiger partial charge in [-0.15, -0.1) is 0 Å². The van der Waals surface area contributed by atoms with Gasteiger partial charge in [0.25, 0.3) is 0 Å². The Bertz CT molecular complexity index is 441. The third kappa shape index (κ3) is 1.23. The minimum absolute atomic E-state index is 0.233. The molecule has 0 radical (unpaired) electrons. The molecule has 1 aromatic carbocycles. The van der Waals surface area contributed by atoms with Crippen LogP contribution in [-0.4, -0.2) is 6.79 Å². The molecule has 80 valence electrons. The minimum atomic E-state index is -0.233. The van der Waals surface area contributed by atoms with E-state index in [9.17, 15) is 0 Å². The highest BCUT2D eigenvalue weighted by atomic mass is 35.5. The molecule has 2 N–H and O–H groups in total.